The van der Waals surface area contributed by atoms with Crippen molar-refractivity contribution in [2.45, 2.75) is 232 Å². The summed E-state index contributed by atoms with van der Waals surface area (Å²) >= 11 is 0. The summed E-state index contributed by atoms with van der Waals surface area (Å²) in [5.41, 5.74) is 0. The molecule has 0 saturated heterocycles. The Bertz CT molecular complexity index is 1050. The molecule has 0 aliphatic heterocycles. The standard InChI is InChI=1S/C51H88O6/c1-4-7-10-13-16-19-21-23-24-25-26-28-29-32-35-38-41-44-50(53)56-47-48(46-55-49(52)43-40-37-34-31-18-15-12-9-6-3)57-51(54)45-42-39-36-33-30-27-22-20-17-14-11-8-5-2/h23-24,26-28,30-32,34-35,48H,4-22,25,29,33,36-47H2,1-3H3/b24-23-,28-26-,30-27-,34-31-,35-32-. The molecule has 0 saturated carbocycles. The molecule has 0 aliphatic carbocycles. The summed E-state index contributed by atoms with van der Waals surface area (Å²) in [7, 11) is 0. The average molecular weight is 797 g/mol. The van der Waals surface area contributed by atoms with Gasteiger partial charge >= 0.3 is 17.9 Å². The highest BCUT2D eigenvalue weighted by atomic mass is 16.6. The van der Waals surface area contributed by atoms with Gasteiger partial charge in [0.1, 0.15) is 13.2 Å². The van der Waals surface area contributed by atoms with E-state index in [1.54, 1.807) is 0 Å². The number of hydrogen-bond acceptors (Lipinski definition) is 6. The van der Waals surface area contributed by atoms with Crippen molar-refractivity contribution in [3.05, 3.63) is 60.8 Å². The van der Waals surface area contributed by atoms with Gasteiger partial charge in [0.15, 0.2) is 6.10 Å². The first-order chi connectivity index (χ1) is 28.0. The Morgan fingerprint density at radius 1 is 0.351 bits per heavy atom. The van der Waals surface area contributed by atoms with Crippen molar-refractivity contribution in [3.8, 4) is 0 Å². The fourth-order valence-corrected chi connectivity index (χ4v) is 6.34. The van der Waals surface area contributed by atoms with Crippen LogP contribution in [0.15, 0.2) is 60.8 Å². The first kappa shape index (κ1) is 54.1. The van der Waals surface area contributed by atoms with Gasteiger partial charge in [0, 0.05) is 19.3 Å². The maximum atomic E-state index is 12.7. The second kappa shape index (κ2) is 45.8. The van der Waals surface area contributed by atoms with Crippen molar-refractivity contribution in [3.63, 3.8) is 0 Å². The molecular formula is C51H88O6. The molecule has 0 spiro atoms. The first-order valence-electron chi connectivity index (χ1n) is 23.8. The Labute approximate surface area is 351 Å². The van der Waals surface area contributed by atoms with Crippen LogP contribution in [0.2, 0.25) is 0 Å². The fourth-order valence-electron chi connectivity index (χ4n) is 6.34. The number of carbonyl (C=O) groups excluding carboxylic acids is 3. The summed E-state index contributed by atoms with van der Waals surface area (Å²) in [6, 6.07) is 0. The van der Waals surface area contributed by atoms with Crippen LogP contribution < -0.4 is 0 Å². The summed E-state index contributed by atoms with van der Waals surface area (Å²) in [6.07, 6.45) is 55.1. The molecule has 328 valence electrons. The number of allylic oxidation sites excluding steroid dienone is 10. The third-order valence-corrected chi connectivity index (χ3v) is 9.96. The zero-order valence-electron chi connectivity index (χ0n) is 37.3. The van der Waals surface area contributed by atoms with E-state index in [-0.39, 0.29) is 37.5 Å². The monoisotopic (exact) mass is 797 g/mol. The van der Waals surface area contributed by atoms with Gasteiger partial charge in [-0.05, 0) is 96.3 Å². The van der Waals surface area contributed by atoms with E-state index in [0.717, 1.165) is 64.2 Å². The molecule has 0 radical (unpaired) electrons. The predicted octanol–water partition coefficient (Wildman–Crippen LogP) is 15.3. The van der Waals surface area contributed by atoms with Gasteiger partial charge in [0.05, 0.1) is 0 Å². The number of rotatable bonds is 42. The Kier molecular flexibility index (Phi) is 43.5. The lowest BCUT2D eigenvalue weighted by Gasteiger charge is -2.18. The summed E-state index contributed by atoms with van der Waals surface area (Å²) in [5.74, 6) is -1.02. The van der Waals surface area contributed by atoms with Crippen molar-refractivity contribution >= 4 is 17.9 Å². The second-order valence-corrected chi connectivity index (χ2v) is 15.7. The molecule has 0 bridgehead atoms. The fraction of sp³-hybridized carbons (Fsp3) is 0.745. The largest absolute Gasteiger partial charge is 0.462 e. The summed E-state index contributed by atoms with van der Waals surface area (Å²) in [6.45, 7) is 6.49. The third kappa shape index (κ3) is 44.1. The zero-order chi connectivity index (χ0) is 41.5. The van der Waals surface area contributed by atoms with Crippen LogP contribution in [0.25, 0.3) is 0 Å². The Morgan fingerprint density at radius 2 is 0.649 bits per heavy atom. The molecule has 0 rings (SSSR count). The summed E-state index contributed by atoms with van der Waals surface area (Å²) in [4.78, 5) is 37.7. The molecule has 1 atom stereocenters. The topological polar surface area (TPSA) is 78.9 Å². The molecule has 1 unspecified atom stereocenters. The van der Waals surface area contributed by atoms with E-state index in [9.17, 15) is 14.4 Å². The molecule has 57 heavy (non-hydrogen) atoms. The lowest BCUT2D eigenvalue weighted by molar-refractivity contribution is -0.167. The number of esters is 3. The van der Waals surface area contributed by atoms with Crippen molar-refractivity contribution in [2.24, 2.45) is 0 Å². The first-order valence-corrected chi connectivity index (χ1v) is 23.8. The Hall–Kier alpha value is -2.89. The van der Waals surface area contributed by atoms with E-state index in [1.807, 2.05) is 0 Å². The van der Waals surface area contributed by atoms with Gasteiger partial charge in [-0.2, -0.15) is 0 Å². The molecule has 0 heterocycles. The van der Waals surface area contributed by atoms with Gasteiger partial charge in [0.2, 0.25) is 0 Å². The smallest absolute Gasteiger partial charge is 0.306 e. The van der Waals surface area contributed by atoms with Crippen LogP contribution >= 0.6 is 0 Å². The highest BCUT2D eigenvalue weighted by Gasteiger charge is 2.19. The molecule has 0 aromatic heterocycles. The van der Waals surface area contributed by atoms with E-state index in [0.29, 0.717) is 25.7 Å². The minimum absolute atomic E-state index is 0.111. The molecular weight excluding hydrogens is 709 g/mol. The number of hydrogen-bond donors (Lipinski definition) is 0. The lowest BCUT2D eigenvalue weighted by atomic mass is 10.1. The number of carbonyl (C=O) groups is 3. The number of ether oxygens (including phenoxy) is 3. The minimum atomic E-state index is -0.810. The van der Waals surface area contributed by atoms with Gasteiger partial charge in [-0.15, -0.1) is 0 Å². The van der Waals surface area contributed by atoms with Crippen LogP contribution in [0, 0.1) is 0 Å². The summed E-state index contributed by atoms with van der Waals surface area (Å²) < 4.78 is 16.6. The minimum Gasteiger partial charge on any atom is -0.462 e. The van der Waals surface area contributed by atoms with Crippen molar-refractivity contribution in [1.29, 1.82) is 0 Å². The predicted molar refractivity (Wildman–Crippen MR) is 242 cm³/mol. The van der Waals surface area contributed by atoms with Gasteiger partial charge in [-0.25, -0.2) is 0 Å². The van der Waals surface area contributed by atoms with Crippen LogP contribution in [0.5, 0.6) is 0 Å². The molecule has 0 amide bonds. The zero-order valence-corrected chi connectivity index (χ0v) is 37.3. The highest BCUT2D eigenvalue weighted by molar-refractivity contribution is 5.71. The number of unbranched alkanes of at least 4 members (excludes halogenated alkanes) is 21. The van der Waals surface area contributed by atoms with Crippen LogP contribution in [-0.2, 0) is 28.6 Å². The van der Waals surface area contributed by atoms with Crippen molar-refractivity contribution < 1.29 is 28.6 Å². The molecule has 0 aromatic rings. The Balaban J connectivity index is 4.46. The highest BCUT2D eigenvalue weighted by Crippen LogP contribution is 2.12. The van der Waals surface area contributed by atoms with Crippen LogP contribution in [0.1, 0.15) is 226 Å². The van der Waals surface area contributed by atoms with Crippen LogP contribution in [0.4, 0.5) is 0 Å². The van der Waals surface area contributed by atoms with Crippen LogP contribution in [-0.4, -0.2) is 37.2 Å². The van der Waals surface area contributed by atoms with Crippen LogP contribution in [0.3, 0.4) is 0 Å². The average Bonchev–Trinajstić information content (AvgIpc) is 3.21. The van der Waals surface area contributed by atoms with Gasteiger partial charge < -0.3 is 14.2 Å². The quantitative estimate of drug-likeness (QED) is 0.0265. The normalized spacial score (nSPS) is 12.5. The maximum Gasteiger partial charge on any atom is 0.306 e. The van der Waals surface area contributed by atoms with E-state index in [2.05, 4.69) is 81.5 Å². The van der Waals surface area contributed by atoms with E-state index in [4.69, 9.17) is 14.2 Å². The van der Waals surface area contributed by atoms with Gasteiger partial charge in [-0.3, -0.25) is 14.4 Å². The molecule has 0 aromatic carbocycles. The van der Waals surface area contributed by atoms with E-state index < -0.39 is 6.10 Å². The lowest BCUT2D eigenvalue weighted by Crippen LogP contribution is -2.30. The molecule has 0 N–H and O–H groups in total. The molecule has 6 heteroatoms. The maximum absolute atomic E-state index is 12.7. The summed E-state index contributed by atoms with van der Waals surface area (Å²) in [5, 5.41) is 0. The molecule has 0 aliphatic rings. The van der Waals surface area contributed by atoms with Gasteiger partial charge in [0.25, 0.3) is 0 Å². The second-order valence-electron chi connectivity index (χ2n) is 15.7. The molecule has 0 fully saturated rings. The Morgan fingerprint density at radius 3 is 1.07 bits per heavy atom. The van der Waals surface area contributed by atoms with E-state index in [1.165, 1.54) is 109 Å². The SMILES string of the molecule is CCCCCC/C=C\CCCC(=O)OCC(COC(=O)CCC/C=C\C/C=C\C/C=C\CCCCCCCC)OC(=O)CCCCC/C=C\CCCCCCCC. The van der Waals surface area contributed by atoms with Crippen molar-refractivity contribution in [2.75, 3.05) is 13.2 Å². The third-order valence-electron chi connectivity index (χ3n) is 9.96. The van der Waals surface area contributed by atoms with E-state index >= 15 is 0 Å². The molecule has 6 nitrogen and oxygen atoms in total. The van der Waals surface area contributed by atoms with Crippen molar-refractivity contribution in [1.82, 2.24) is 0 Å². The van der Waals surface area contributed by atoms with Gasteiger partial charge in [-0.1, -0.05) is 171 Å².